The van der Waals surface area contributed by atoms with Gasteiger partial charge in [-0.25, -0.2) is 9.37 Å². The summed E-state index contributed by atoms with van der Waals surface area (Å²) in [5.41, 5.74) is 3.60. The van der Waals surface area contributed by atoms with E-state index < -0.39 is 5.82 Å². The molecule has 4 nitrogen and oxygen atoms in total. The van der Waals surface area contributed by atoms with Gasteiger partial charge in [0.15, 0.2) is 0 Å². The van der Waals surface area contributed by atoms with Crippen molar-refractivity contribution in [3.63, 3.8) is 0 Å². The summed E-state index contributed by atoms with van der Waals surface area (Å²) >= 11 is 0. The van der Waals surface area contributed by atoms with E-state index in [0.29, 0.717) is 18.7 Å². The topological polar surface area (TPSA) is 46.9 Å². The molecule has 0 fully saturated rings. The van der Waals surface area contributed by atoms with Gasteiger partial charge in [-0.15, -0.1) is 0 Å². The van der Waals surface area contributed by atoms with E-state index in [9.17, 15) is 9.18 Å². The maximum absolute atomic E-state index is 13.3. The average Bonchev–Trinajstić information content (AvgIpc) is 3.10. The van der Waals surface area contributed by atoms with Gasteiger partial charge in [0.2, 0.25) is 0 Å². The van der Waals surface area contributed by atoms with Crippen molar-refractivity contribution in [1.82, 2.24) is 14.9 Å². The Labute approximate surface area is 169 Å². The molecule has 0 aliphatic carbocycles. The van der Waals surface area contributed by atoms with Crippen LogP contribution < -0.4 is 5.32 Å². The quantitative estimate of drug-likeness (QED) is 0.511. The molecule has 146 valence electrons. The maximum Gasteiger partial charge on any atom is 0.251 e. The van der Waals surface area contributed by atoms with Crippen molar-refractivity contribution < 1.29 is 9.18 Å². The molecule has 1 heterocycles. The van der Waals surface area contributed by atoms with Crippen LogP contribution in [0, 0.1) is 5.82 Å². The summed E-state index contributed by atoms with van der Waals surface area (Å²) in [4.78, 5) is 17.1. The number of rotatable bonds is 7. The van der Waals surface area contributed by atoms with Gasteiger partial charge in [-0.2, -0.15) is 0 Å². The fourth-order valence-corrected chi connectivity index (χ4v) is 3.48. The molecule has 4 aromatic rings. The van der Waals surface area contributed by atoms with Gasteiger partial charge in [-0.1, -0.05) is 48.5 Å². The Hall–Kier alpha value is -3.47. The van der Waals surface area contributed by atoms with Crippen LogP contribution in [0.15, 0.2) is 78.9 Å². The number of nitrogens with one attached hydrogen (secondary N) is 1. The van der Waals surface area contributed by atoms with E-state index >= 15 is 0 Å². The molecule has 1 N–H and O–H groups in total. The molecular weight excluding hydrogens is 365 g/mol. The highest BCUT2D eigenvalue weighted by Gasteiger charge is 2.11. The van der Waals surface area contributed by atoms with Gasteiger partial charge in [-0.3, -0.25) is 4.79 Å². The second-order valence-electron chi connectivity index (χ2n) is 6.92. The second kappa shape index (κ2) is 8.69. The lowest BCUT2D eigenvalue weighted by Crippen LogP contribution is -2.27. The lowest BCUT2D eigenvalue weighted by atomic mass is 10.1. The number of nitrogens with zero attached hydrogens (tertiary/aromatic N) is 2. The van der Waals surface area contributed by atoms with E-state index in [-0.39, 0.29) is 5.91 Å². The molecule has 1 aromatic heterocycles. The molecule has 0 saturated heterocycles. The largest absolute Gasteiger partial charge is 0.350 e. The predicted molar refractivity (Wildman–Crippen MR) is 112 cm³/mol. The fourth-order valence-electron chi connectivity index (χ4n) is 3.48. The lowest BCUT2D eigenvalue weighted by Gasteiger charge is -2.11. The summed E-state index contributed by atoms with van der Waals surface area (Å²) in [7, 11) is 0. The lowest BCUT2D eigenvalue weighted by molar-refractivity contribution is 0.0952. The standard InChI is InChI=1S/C24H22FN3O/c25-20-10-6-9-19(17-20)24(29)26-15-16-28-22-12-5-4-11-21(22)27-23(28)14-13-18-7-2-1-3-8-18/h1-12,17H,13-16H2,(H,26,29). The number of hydrogen-bond donors (Lipinski definition) is 1. The predicted octanol–water partition coefficient (Wildman–Crippen LogP) is 4.39. The van der Waals surface area contributed by atoms with Crippen LogP contribution in [0.5, 0.6) is 0 Å². The van der Waals surface area contributed by atoms with Crippen molar-refractivity contribution >= 4 is 16.9 Å². The smallest absolute Gasteiger partial charge is 0.251 e. The first kappa shape index (κ1) is 18.9. The fraction of sp³-hybridized carbons (Fsp3) is 0.167. The number of hydrogen-bond acceptors (Lipinski definition) is 2. The highest BCUT2D eigenvalue weighted by atomic mass is 19.1. The first-order chi connectivity index (χ1) is 14.2. The molecular formula is C24H22FN3O. The van der Waals surface area contributed by atoms with Crippen molar-refractivity contribution in [2.45, 2.75) is 19.4 Å². The Bertz CT molecular complexity index is 1120. The molecule has 0 unspecified atom stereocenters. The molecule has 0 spiro atoms. The van der Waals surface area contributed by atoms with Crippen LogP contribution in [0.25, 0.3) is 11.0 Å². The number of fused-ring (bicyclic) bond motifs is 1. The number of aryl methyl sites for hydroxylation is 2. The Morgan fingerprint density at radius 2 is 1.72 bits per heavy atom. The van der Waals surface area contributed by atoms with Crippen molar-refractivity contribution in [3.8, 4) is 0 Å². The Balaban J connectivity index is 1.47. The number of halogens is 1. The number of benzene rings is 3. The minimum Gasteiger partial charge on any atom is -0.350 e. The zero-order valence-electron chi connectivity index (χ0n) is 16.0. The van der Waals surface area contributed by atoms with Crippen LogP contribution in [0.2, 0.25) is 0 Å². The van der Waals surface area contributed by atoms with Gasteiger partial charge >= 0.3 is 0 Å². The van der Waals surface area contributed by atoms with Crippen LogP contribution in [0.4, 0.5) is 4.39 Å². The molecule has 0 radical (unpaired) electrons. The van der Waals surface area contributed by atoms with Gasteiger partial charge in [0.1, 0.15) is 11.6 Å². The third-order valence-corrected chi connectivity index (χ3v) is 4.92. The molecule has 0 aliphatic heterocycles. The summed E-state index contributed by atoms with van der Waals surface area (Å²) in [6.07, 6.45) is 1.72. The first-order valence-electron chi connectivity index (χ1n) is 9.72. The van der Waals surface area contributed by atoms with Gasteiger partial charge in [0.05, 0.1) is 11.0 Å². The number of carbonyl (C=O) groups is 1. The van der Waals surface area contributed by atoms with Gasteiger partial charge in [-0.05, 0) is 42.3 Å². The minimum atomic E-state index is -0.415. The molecule has 4 rings (SSSR count). The number of aromatic nitrogens is 2. The van der Waals surface area contributed by atoms with E-state index in [4.69, 9.17) is 4.98 Å². The zero-order chi connectivity index (χ0) is 20.1. The van der Waals surface area contributed by atoms with Crippen LogP contribution >= 0.6 is 0 Å². The molecule has 5 heteroatoms. The molecule has 3 aromatic carbocycles. The van der Waals surface area contributed by atoms with Crippen LogP contribution in [-0.4, -0.2) is 22.0 Å². The third-order valence-electron chi connectivity index (χ3n) is 4.92. The van der Waals surface area contributed by atoms with Gasteiger partial charge < -0.3 is 9.88 Å². The summed E-state index contributed by atoms with van der Waals surface area (Å²) in [6, 6.07) is 24.1. The van der Waals surface area contributed by atoms with E-state index in [1.807, 2.05) is 42.5 Å². The normalized spacial score (nSPS) is 10.9. The van der Waals surface area contributed by atoms with E-state index in [2.05, 4.69) is 22.0 Å². The molecule has 1 amide bonds. The summed E-state index contributed by atoms with van der Waals surface area (Å²) in [5, 5.41) is 2.88. The van der Waals surface area contributed by atoms with Gasteiger partial charge in [0, 0.05) is 25.1 Å². The Morgan fingerprint density at radius 1 is 0.931 bits per heavy atom. The third kappa shape index (κ3) is 4.51. The van der Waals surface area contributed by atoms with Crippen LogP contribution in [-0.2, 0) is 19.4 Å². The summed E-state index contributed by atoms with van der Waals surface area (Å²) < 4.78 is 15.5. The Kier molecular flexibility index (Phi) is 5.66. The summed E-state index contributed by atoms with van der Waals surface area (Å²) in [6.45, 7) is 1.04. The number of para-hydroxylation sites is 2. The Morgan fingerprint density at radius 3 is 2.55 bits per heavy atom. The minimum absolute atomic E-state index is 0.278. The monoisotopic (exact) mass is 387 g/mol. The number of amides is 1. The second-order valence-corrected chi connectivity index (χ2v) is 6.92. The van der Waals surface area contributed by atoms with Gasteiger partial charge in [0.25, 0.3) is 5.91 Å². The van der Waals surface area contributed by atoms with E-state index in [0.717, 1.165) is 29.7 Å². The number of carbonyl (C=O) groups excluding carboxylic acids is 1. The highest BCUT2D eigenvalue weighted by Crippen LogP contribution is 2.17. The van der Waals surface area contributed by atoms with Crippen LogP contribution in [0.3, 0.4) is 0 Å². The highest BCUT2D eigenvalue weighted by molar-refractivity contribution is 5.94. The molecule has 0 saturated carbocycles. The number of imidazole rings is 1. The van der Waals surface area contributed by atoms with Crippen molar-refractivity contribution in [3.05, 3.63) is 102 Å². The molecule has 29 heavy (non-hydrogen) atoms. The molecule has 0 bridgehead atoms. The van der Waals surface area contributed by atoms with E-state index in [1.54, 1.807) is 6.07 Å². The molecule has 0 atom stereocenters. The van der Waals surface area contributed by atoms with Crippen molar-refractivity contribution in [2.24, 2.45) is 0 Å². The first-order valence-corrected chi connectivity index (χ1v) is 9.72. The maximum atomic E-state index is 13.3. The van der Waals surface area contributed by atoms with Crippen molar-refractivity contribution in [1.29, 1.82) is 0 Å². The zero-order valence-corrected chi connectivity index (χ0v) is 16.0. The van der Waals surface area contributed by atoms with E-state index in [1.165, 1.54) is 23.8 Å². The van der Waals surface area contributed by atoms with Crippen molar-refractivity contribution in [2.75, 3.05) is 6.54 Å². The molecule has 0 aliphatic rings. The average molecular weight is 387 g/mol. The summed E-state index contributed by atoms with van der Waals surface area (Å²) in [5.74, 6) is 0.302. The SMILES string of the molecule is O=C(NCCn1c(CCc2ccccc2)nc2ccccc21)c1cccc(F)c1. The van der Waals surface area contributed by atoms with Crippen LogP contribution in [0.1, 0.15) is 21.7 Å².